The van der Waals surface area contributed by atoms with Crippen molar-refractivity contribution in [3.05, 3.63) is 64.7 Å². The van der Waals surface area contributed by atoms with Crippen molar-refractivity contribution in [1.29, 1.82) is 0 Å². The predicted molar refractivity (Wildman–Crippen MR) is 128 cm³/mol. The third kappa shape index (κ3) is 6.75. The molecule has 0 radical (unpaired) electrons. The number of carbonyl (C=O) groups is 1. The van der Waals surface area contributed by atoms with E-state index in [9.17, 15) is 4.79 Å². The van der Waals surface area contributed by atoms with Crippen LogP contribution in [0, 0.1) is 0 Å². The predicted octanol–water partition coefficient (Wildman–Crippen LogP) is 6.08. The smallest absolute Gasteiger partial charge is 0.315 e. The summed E-state index contributed by atoms with van der Waals surface area (Å²) in [7, 11) is 0. The molecule has 2 aromatic rings. The second-order valence-corrected chi connectivity index (χ2v) is 9.57. The molecular formula is C27H38N2O2. The summed E-state index contributed by atoms with van der Waals surface area (Å²) in [6.45, 7) is 9.89. The molecular weight excluding hydrogens is 384 g/mol. The maximum atomic E-state index is 12.4. The number of hydrogen-bond acceptors (Lipinski definition) is 2. The van der Waals surface area contributed by atoms with E-state index >= 15 is 0 Å². The lowest BCUT2D eigenvalue weighted by Crippen LogP contribution is -2.38. The van der Waals surface area contributed by atoms with Gasteiger partial charge < -0.3 is 15.4 Å². The van der Waals surface area contributed by atoms with Gasteiger partial charge in [0.25, 0.3) is 0 Å². The number of aryl methyl sites for hydroxylation is 2. The van der Waals surface area contributed by atoms with Crippen LogP contribution in [-0.4, -0.2) is 19.2 Å². The molecule has 1 aliphatic carbocycles. The molecule has 1 atom stereocenters. The second kappa shape index (κ2) is 10.7. The third-order valence-corrected chi connectivity index (χ3v) is 6.08. The van der Waals surface area contributed by atoms with E-state index in [1.165, 1.54) is 41.5 Å². The van der Waals surface area contributed by atoms with Crippen molar-refractivity contribution in [2.75, 3.05) is 13.2 Å². The van der Waals surface area contributed by atoms with Gasteiger partial charge in [0, 0.05) is 6.54 Å². The molecule has 31 heavy (non-hydrogen) atoms. The largest absolute Gasteiger partial charge is 0.494 e. The van der Waals surface area contributed by atoms with Crippen molar-refractivity contribution >= 4 is 6.03 Å². The SMILES string of the molecule is CCC(NC(=O)NCCCOc1ccc(C(C)(C)C)cc1)c1ccc2c(c1)CCCC2. The first kappa shape index (κ1) is 23.2. The summed E-state index contributed by atoms with van der Waals surface area (Å²) in [6, 6.07) is 14.9. The van der Waals surface area contributed by atoms with E-state index in [1.807, 2.05) is 12.1 Å². The Morgan fingerprint density at radius 3 is 2.42 bits per heavy atom. The van der Waals surface area contributed by atoms with Gasteiger partial charge in [-0.2, -0.15) is 0 Å². The zero-order valence-electron chi connectivity index (χ0n) is 19.6. The Bertz CT molecular complexity index is 853. The molecule has 2 amide bonds. The molecule has 168 valence electrons. The first-order valence-electron chi connectivity index (χ1n) is 11.8. The zero-order chi connectivity index (χ0) is 22.3. The Balaban J connectivity index is 1.39. The Labute approximate surface area is 187 Å². The molecule has 0 fully saturated rings. The third-order valence-electron chi connectivity index (χ3n) is 6.08. The summed E-state index contributed by atoms with van der Waals surface area (Å²) in [5.41, 5.74) is 5.58. The van der Waals surface area contributed by atoms with Crippen LogP contribution in [0.1, 0.15) is 81.7 Å². The number of nitrogens with one attached hydrogen (secondary N) is 2. The topological polar surface area (TPSA) is 50.4 Å². The van der Waals surface area contributed by atoms with Gasteiger partial charge in [-0.1, -0.05) is 58.0 Å². The van der Waals surface area contributed by atoms with Crippen LogP contribution in [0.15, 0.2) is 42.5 Å². The number of urea groups is 1. The highest BCUT2D eigenvalue weighted by Gasteiger charge is 2.16. The van der Waals surface area contributed by atoms with Crippen LogP contribution in [0.25, 0.3) is 0 Å². The van der Waals surface area contributed by atoms with Gasteiger partial charge in [-0.15, -0.1) is 0 Å². The van der Waals surface area contributed by atoms with Crippen molar-refractivity contribution in [1.82, 2.24) is 10.6 Å². The second-order valence-electron chi connectivity index (χ2n) is 9.57. The van der Waals surface area contributed by atoms with Gasteiger partial charge in [0.2, 0.25) is 0 Å². The molecule has 0 aromatic heterocycles. The van der Waals surface area contributed by atoms with E-state index in [0.29, 0.717) is 13.2 Å². The summed E-state index contributed by atoms with van der Waals surface area (Å²) in [5, 5.41) is 6.09. The van der Waals surface area contributed by atoms with Crippen LogP contribution in [0.5, 0.6) is 5.75 Å². The monoisotopic (exact) mass is 422 g/mol. The Hall–Kier alpha value is -2.49. The van der Waals surface area contributed by atoms with E-state index in [1.54, 1.807) is 0 Å². The first-order valence-corrected chi connectivity index (χ1v) is 11.8. The minimum atomic E-state index is -0.112. The molecule has 2 N–H and O–H groups in total. The average Bonchev–Trinajstić information content (AvgIpc) is 2.76. The zero-order valence-corrected chi connectivity index (χ0v) is 19.6. The Kier molecular flexibility index (Phi) is 8.00. The number of hydrogen-bond donors (Lipinski definition) is 2. The van der Waals surface area contributed by atoms with E-state index in [0.717, 1.165) is 25.0 Å². The lowest BCUT2D eigenvalue weighted by atomic mass is 9.87. The standard InChI is InChI=1S/C27H38N2O2/c1-5-25(22-12-11-20-9-6-7-10-21(20)19-22)29-26(30)28-17-8-18-31-24-15-13-23(14-16-24)27(2,3)4/h11-16,19,25H,5-10,17-18H2,1-4H3,(H2,28,29,30). The van der Waals surface area contributed by atoms with E-state index in [4.69, 9.17) is 4.74 Å². The average molecular weight is 423 g/mol. The van der Waals surface area contributed by atoms with Crippen LogP contribution in [0.2, 0.25) is 0 Å². The van der Waals surface area contributed by atoms with Gasteiger partial charge in [0.15, 0.2) is 0 Å². The van der Waals surface area contributed by atoms with E-state index in [-0.39, 0.29) is 17.5 Å². The molecule has 4 nitrogen and oxygen atoms in total. The maximum absolute atomic E-state index is 12.4. The fraction of sp³-hybridized carbons (Fsp3) is 0.519. The highest BCUT2D eigenvalue weighted by atomic mass is 16.5. The number of benzene rings is 2. The van der Waals surface area contributed by atoms with Gasteiger partial charge in [-0.25, -0.2) is 4.79 Å². The van der Waals surface area contributed by atoms with Crippen molar-refractivity contribution in [2.45, 2.75) is 77.7 Å². The van der Waals surface area contributed by atoms with Crippen molar-refractivity contribution in [3.8, 4) is 5.75 Å². The van der Waals surface area contributed by atoms with Crippen molar-refractivity contribution in [3.63, 3.8) is 0 Å². The first-order chi connectivity index (χ1) is 14.9. The minimum Gasteiger partial charge on any atom is -0.494 e. The van der Waals surface area contributed by atoms with Crippen LogP contribution >= 0.6 is 0 Å². The summed E-state index contributed by atoms with van der Waals surface area (Å²) < 4.78 is 5.81. The molecule has 1 unspecified atom stereocenters. The Morgan fingerprint density at radius 1 is 1.03 bits per heavy atom. The van der Waals surface area contributed by atoms with Gasteiger partial charge in [0.05, 0.1) is 12.6 Å². The summed E-state index contributed by atoms with van der Waals surface area (Å²) in [5.74, 6) is 0.871. The molecule has 0 heterocycles. The van der Waals surface area contributed by atoms with Crippen molar-refractivity contribution < 1.29 is 9.53 Å². The number of carbonyl (C=O) groups excluding carboxylic acids is 1. The normalized spacial score (nSPS) is 14.5. The number of amides is 2. The van der Waals surface area contributed by atoms with Crippen LogP contribution in [-0.2, 0) is 18.3 Å². The fourth-order valence-corrected chi connectivity index (χ4v) is 4.12. The molecule has 0 spiro atoms. The minimum absolute atomic E-state index is 0.0461. The number of ether oxygens (including phenoxy) is 1. The van der Waals surface area contributed by atoms with E-state index in [2.05, 4.69) is 68.7 Å². The van der Waals surface area contributed by atoms with Crippen LogP contribution in [0.4, 0.5) is 4.79 Å². The molecule has 0 saturated heterocycles. The molecule has 3 rings (SSSR count). The molecule has 1 aliphatic rings. The van der Waals surface area contributed by atoms with Gasteiger partial charge >= 0.3 is 6.03 Å². The summed E-state index contributed by atoms with van der Waals surface area (Å²) >= 11 is 0. The number of fused-ring (bicyclic) bond motifs is 1. The molecule has 0 saturated carbocycles. The highest BCUT2D eigenvalue weighted by Crippen LogP contribution is 2.26. The Morgan fingerprint density at radius 2 is 1.74 bits per heavy atom. The lowest BCUT2D eigenvalue weighted by molar-refractivity contribution is 0.235. The molecule has 4 heteroatoms. The van der Waals surface area contributed by atoms with Gasteiger partial charge in [-0.3, -0.25) is 0 Å². The molecule has 0 bridgehead atoms. The van der Waals surface area contributed by atoms with Gasteiger partial charge in [-0.05, 0) is 78.3 Å². The van der Waals surface area contributed by atoms with Gasteiger partial charge in [0.1, 0.15) is 5.75 Å². The molecule has 2 aromatic carbocycles. The quantitative estimate of drug-likeness (QED) is 0.506. The summed E-state index contributed by atoms with van der Waals surface area (Å²) in [4.78, 5) is 12.4. The maximum Gasteiger partial charge on any atom is 0.315 e. The number of rotatable bonds is 8. The lowest BCUT2D eigenvalue weighted by Gasteiger charge is -2.22. The van der Waals surface area contributed by atoms with E-state index < -0.39 is 0 Å². The fourth-order valence-electron chi connectivity index (χ4n) is 4.12. The van der Waals surface area contributed by atoms with Crippen LogP contribution < -0.4 is 15.4 Å². The van der Waals surface area contributed by atoms with Crippen LogP contribution in [0.3, 0.4) is 0 Å². The summed E-state index contributed by atoms with van der Waals surface area (Å²) in [6.07, 6.45) is 6.54. The highest BCUT2D eigenvalue weighted by molar-refractivity contribution is 5.74. The molecule has 0 aliphatic heterocycles. The van der Waals surface area contributed by atoms with Crippen molar-refractivity contribution in [2.24, 2.45) is 0 Å².